The number of aromatic nitrogens is 2. The number of Topliss-reactive ketones (excluding diaryl/α,β-unsaturated/α-hetero) is 1. The molecule has 1 aromatic carbocycles. The Morgan fingerprint density at radius 2 is 1.90 bits per heavy atom. The van der Waals surface area contributed by atoms with E-state index in [0.29, 0.717) is 12.5 Å². The Morgan fingerprint density at radius 3 is 2.67 bits per heavy atom. The van der Waals surface area contributed by atoms with Gasteiger partial charge in [-0.1, -0.05) is 49.6 Å². The minimum absolute atomic E-state index is 0.156. The van der Waals surface area contributed by atoms with Gasteiger partial charge in [0, 0.05) is 11.5 Å². The summed E-state index contributed by atoms with van der Waals surface area (Å²) in [5, 5.41) is 0. The number of carbonyl (C=O) groups is 1. The molecule has 1 aliphatic rings. The zero-order valence-corrected chi connectivity index (χ0v) is 12.2. The molecular weight excluding hydrogens is 260 g/mol. The summed E-state index contributed by atoms with van der Waals surface area (Å²) in [5.41, 5.74) is 1.98. The monoisotopic (exact) mass is 281 g/mol. The van der Waals surface area contributed by atoms with Crippen molar-refractivity contribution in [3.63, 3.8) is 0 Å². The van der Waals surface area contributed by atoms with Crippen LogP contribution in [0.5, 0.6) is 0 Å². The van der Waals surface area contributed by atoms with Gasteiger partial charge in [0.15, 0.2) is 6.20 Å². The summed E-state index contributed by atoms with van der Waals surface area (Å²) in [6.07, 6.45) is 12.0. The van der Waals surface area contributed by atoms with Crippen LogP contribution in [0.15, 0.2) is 48.9 Å². The summed E-state index contributed by atoms with van der Waals surface area (Å²) >= 11 is 0. The predicted octanol–water partition coefficient (Wildman–Crippen LogP) is 3.30. The molecule has 21 heavy (non-hydrogen) atoms. The summed E-state index contributed by atoms with van der Waals surface area (Å²) in [7, 11) is 0. The van der Waals surface area contributed by atoms with Gasteiger partial charge < -0.3 is 0 Å². The summed E-state index contributed by atoms with van der Waals surface area (Å²) < 4.78 is 2.08. The van der Waals surface area contributed by atoms with E-state index in [1.807, 2.05) is 42.7 Å². The standard InChI is InChI=1S/C18H21N2O/c21-18(16-9-5-2-6-10-16)14-20-12-11-19-13-17(20)15-7-3-1-4-8-15/h2,5-6,9-13,15H,1,3-4,7-8,14H2/q+1. The number of benzene rings is 1. The lowest BCUT2D eigenvalue weighted by Crippen LogP contribution is -2.43. The fraction of sp³-hybridized carbons (Fsp3) is 0.389. The van der Waals surface area contributed by atoms with Gasteiger partial charge in [-0.3, -0.25) is 9.78 Å². The van der Waals surface area contributed by atoms with Crippen molar-refractivity contribution < 1.29 is 9.36 Å². The van der Waals surface area contributed by atoms with Crippen LogP contribution in [0.2, 0.25) is 0 Å². The first-order valence-corrected chi connectivity index (χ1v) is 7.76. The molecule has 108 valence electrons. The third-order valence-corrected chi connectivity index (χ3v) is 4.30. The number of rotatable bonds is 4. The van der Waals surface area contributed by atoms with Crippen molar-refractivity contribution in [2.24, 2.45) is 0 Å². The molecule has 3 rings (SSSR count). The maximum absolute atomic E-state index is 12.4. The van der Waals surface area contributed by atoms with Gasteiger partial charge >= 0.3 is 0 Å². The van der Waals surface area contributed by atoms with Gasteiger partial charge in [-0.05, 0) is 12.8 Å². The smallest absolute Gasteiger partial charge is 0.227 e. The lowest BCUT2D eigenvalue weighted by atomic mass is 9.87. The van der Waals surface area contributed by atoms with E-state index < -0.39 is 0 Å². The Hall–Kier alpha value is -2.03. The average molecular weight is 281 g/mol. The number of carbonyl (C=O) groups excluding carboxylic acids is 1. The Labute approximate surface area is 125 Å². The molecular formula is C18H21N2O+. The molecule has 1 heterocycles. The number of nitrogens with zero attached hydrogens (tertiary/aromatic N) is 2. The van der Waals surface area contributed by atoms with E-state index >= 15 is 0 Å². The zero-order chi connectivity index (χ0) is 14.5. The van der Waals surface area contributed by atoms with Crippen molar-refractivity contribution in [2.75, 3.05) is 0 Å². The first kappa shape index (κ1) is 13.9. The molecule has 0 bridgehead atoms. The summed E-state index contributed by atoms with van der Waals surface area (Å²) in [5.74, 6) is 0.708. The van der Waals surface area contributed by atoms with Gasteiger partial charge in [-0.15, -0.1) is 0 Å². The molecule has 1 aromatic heterocycles. The topological polar surface area (TPSA) is 33.8 Å². The van der Waals surface area contributed by atoms with Gasteiger partial charge in [0.25, 0.3) is 0 Å². The van der Waals surface area contributed by atoms with Crippen LogP contribution < -0.4 is 4.57 Å². The fourth-order valence-electron chi connectivity index (χ4n) is 3.15. The number of hydrogen-bond acceptors (Lipinski definition) is 2. The molecule has 0 N–H and O–H groups in total. The molecule has 1 saturated carbocycles. The van der Waals surface area contributed by atoms with Crippen LogP contribution in [-0.4, -0.2) is 10.8 Å². The van der Waals surface area contributed by atoms with Gasteiger partial charge in [-0.2, -0.15) is 4.57 Å². The molecule has 0 saturated heterocycles. The van der Waals surface area contributed by atoms with Crippen molar-refractivity contribution in [1.29, 1.82) is 0 Å². The zero-order valence-electron chi connectivity index (χ0n) is 12.2. The van der Waals surface area contributed by atoms with Gasteiger partial charge in [0.05, 0.1) is 12.4 Å². The SMILES string of the molecule is O=C(C[n+]1ccncc1C1CCCCC1)c1ccccc1. The molecule has 2 aromatic rings. The highest BCUT2D eigenvalue weighted by Gasteiger charge is 2.25. The quantitative estimate of drug-likeness (QED) is 0.636. The largest absolute Gasteiger partial charge is 0.287 e. The second-order valence-electron chi connectivity index (χ2n) is 5.75. The van der Waals surface area contributed by atoms with Crippen LogP contribution in [0, 0.1) is 0 Å². The highest BCUT2D eigenvalue weighted by molar-refractivity contribution is 5.94. The molecule has 0 spiro atoms. The molecule has 0 unspecified atom stereocenters. The number of hydrogen-bond donors (Lipinski definition) is 0. The van der Waals surface area contributed by atoms with Crippen molar-refractivity contribution in [3.8, 4) is 0 Å². The normalized spacial score (nSPS) is 15.8. The minimum atomic E-state index is 0.156. The fourth-order valence-corrected chi connectivity index (χ4v) is 3.15. The van der Waals surface area contributed by atoms with Crippen LogP contribution in [0.1, 0.15) is 54.1 Å². The van der Waals surface area contributed by atoms with Crippen LogP contribution >= 0.6 is 0 Å². The van der Waals surface area contributed by atoms with Crippen LogP contribution in [0.25, 0.3) is 0 Å². The second kappa shape index (κ2) is 6.61. The predicted molar refractivity (Wildman–Crippen MR) is 81.0 cm³/mol. The van der Waals surface area contributed by atoms with E-state index in [4.69, 9.17) is 0 Å². The van der Waals surface area contributed by atoms with Crippen LogP contribution in [-0.2, 0) is 6.54 Å². The van der Waals surface area contributed by atoms with Crippen molar-refractivity contribution in [3.05, 3.63) is 60.2 Å². The highest BCUT2D eigenvalue weighted by atomic mass is 16.1. The molecule has 0 atom stereocenters. The molecule has 1 aliphatic carbocycles. The average Bonchev–Trinajstić information content (AvgIpc) is 2.57. The summed E-state index contributed by atoms with van der Waals surface area (Å²) in [6.45, 7) is 0.401. The van der Waals surface area contributed by atoms with Gasteiger partial charge in [0.1, 0.15) is 0 Å². The van der Waals surface area contributed by atoms with Crippen molar-refractivity contribution >= 4 is 5.78 Å². The molecule has 1 fully saturated rings. The first-order chi connectivity index (χ1) is 10.3. The maximum Gasteiger partial charge on any atom is 0.227 e. The lowest BCUT2D eigenvalue weighted by Gasteiger charge is -2.19. The molecule has 3 nitrogen and oxygen atoms in total. The Bertz CT molecular complexity index is 604. The Kier molecular flexibility index (Phi) is 4.39. The molecule has 0 amide bonds. The van der Waals surface area contributed by atoms with Gasteiger partial charge in [-0.25, -0.2) is 0 Å². The van der Waals surface area contributed by atoms with E-state index in [2.05, 4.69) is 9.55 Å². The van der Waals surface area contributed by atoms with E-state index in [9.17, 15) is 4.79 Å². The Balaban J connectivity index is 1.80. The van der Waals surface area contributed by atoms with Gasteiger partial charge in [0.2, 0.25) is 18.0 Å². The Morgan fingerprint density at radius 1 is 1.14 bits per heavy atom. The van der Waals surface area contributed by atoms with Crippen LogP contribution in [0.4, 0.5) is 0 Å². The molecule has 0 radical (unpaired) electrons. The van der Waals surface area contributed by atoms with E-state index in [-0.39, 0.29) is 5.78 Å². The highest BCUT2D eigenvalue weighted by Crippen LogP contribution is 2.30. The lowest BCUT2D eigenvalue weighted by molar-refractivity contribution is -0.692. The third kappa shape index (κ3) is 3.35. The van der Waals surface area contributed by atoms with Crippen LogP contribution in [0.3, 0.4) is 0 Å². The van der Waals surface area contributed by atoms with E-state index in [1.165, 1.54) is 37.8 Å². The summed E-state index contributed by atoms with van der Waals surface area (Å²) in [6, 6.07) is 9.51. The number of ketones is 1. The van der Waals surface area contributed by atoms with Crippen molar-refractivity contribution in [2.45, 2.75) is 44.6 Å². The third-order valence-electron chi connectivity index (χ3n) is 4.30. The second-order valence-corrected chi connectivity index (χ2v) is 5.75. The molecule has 3 heteroatoms. The molecule has 0 aliphatic heterocycles. The van der Waals surface area contributed by atoms with E-state index in [0.717, 1.165) is 5.56 Å². The minimum Gasteiger partial charge on any atom is -0.287 e. The first-order valence-electron chi connectivity index (χ1n) is 7.76. The maximum atomic E-state index is 12.4. The van der Waals surface area contributed by atoms with E-state index in [1.54, 1.807) is 6.20 Å². The summed E-state index contributed by atoms with van der Waals surface area (Å²) in [4.78, 5) is 16.7. The van der Waals surface area contributed by atoms with Crippen molar-refractivity contribution in [1.82, 2.24) is 4.98 Å².